The standard InChI is InChI=1S/C17H14BrNOS/c1-10-7-13(18)8-11(2)16(10)19-17(20)15-9-12-5-3-4-6-14(12)21-15/h3-9H,1-2H3,(H,19,20). The molecular formula is C17H14BrNOS. The van der Waals surface area contributed by atoms with E-state index in [0.717, 1.165) is 36.3 Å². The number of halogens is 1. The third-order valence-corrected chi connectivity index (χ3v) is 4.96. The number of rotatable bonds is 2. The lowest BCUT2D eigenvalue weighted by atomic mass is 10.1. The fraction of sp³-hybridized carbons (Fsp3) is 0.118. The Morgan fingerprint density at radius 2 is 1.76 bits per heavy atom. The lowest BCUT2D eigenvalue weighted by Gasteiger charge is -2.11. The van der Waals surface area contributed by atoms with E-state index in [1.54, 1.807) is 0 Å². The summed E-state index contributed by atoms with van der Waals surface area (Å²) in [5, 5.41) is 4.14. The Morgan fingerprint density at radius 3 is 2.43 bits per heavy atom. The van der Waals surface area contributed by atoms with Crippen molar-refractivity contribution in [2.24, 2.45) is 0 Å². The summed E-state index contributed by atoms with van der Waals surface area (Å²) in [6, 6.07) is 14.0. The normalized spacial score (nSPS) is 10.8. The fourth-order valence-electron chi connectivity index (χ4n) is 2.38. The number of benzene rings is 2. The molecule has 0 unspecified atom stereocenters. The monoisotopic (exact) mass is 359 g/mol. The van der Waals surface area contributed by atoms with Crippen molar-refractivity contribution in [3.05, 3.63) is 62.9 Å². The van der Waals surface area contributed by atoms with Gasteiger partial charge in [0.15, 0.2) is 0 Å². The zero-order chi connectivity index (χ0) is 15.0. The summed E-state index contributed by atoms with van der Waals surface area (Å²) in [6.45, 7) is 4.00. The van der Waals surface area contributed by atoms with Crippen molar-refractivity contribution < 1.29 is 4.79 Å². The quantitative estimate of drug-likeness (QED) is 0.639. The number of thiophene rings is 1. The predicted octanol–water partition coefficient (Wildman–Crippen LogP) is 5.53. The average Bonchev–Trinajstić information content (AvgIpc) is 2.86. The highest BCUT2D eigenvalue weighted by Gasteiger charge is 2.13. The van der Waals surface area contributed by atoms with E-state index >= 15 is 0 Å². The summed E-state index contributed by atoms with van der Waals surface area (Å²) in [5.74, 6) is -0.0512. The highest BCUT2D eigenvalue weighted by molar-refractivity contribution is 9.10. The minimum atomic E-state index is -0.0512. The lowest BCUT2D eigenvalue weighted by molar-refractivity contribution is 0.103. The predicted molar refractivity (Wildman–Crippen MR) is 93.4 cm³/mol. The van der Waals surface area contributed by atoms with Crippen LogP contribution in [0.3, 0.4) is 0 Å². The van der Waals surface area contributed by atoms with E-state index in [1.165, 1.54) is 11.3 Å². The molecule has 1 aromatic heterocycles. The maximum Gasteiger partial charge on any atom is 0.265 e. The molecule has 2 nitrogen and oxygen atoms in total. The Kier molecular flexibility index (Phi) is 3.83. The molecule has 1 N–H and O–H groups in total. The van der Waals surface area contributed by atoms with Crippen molar-refractivity contribution in [2.75, 3.05) is 5.32 Å². The van der Waals surface area contributed by atoms with Gasteiger partial charge < -0.3 is 5.32 Å². The van der Waals surface area contributed by atoms with Gasteiger partial charge in [-0.1, -0.05) is 34.1 Å². The van der Waals surface area contributed by atoms with Gasteiger partial charge in [0.05, 0.1) is 4.88 Å². The molecule has 1 heterocycles. The molecule has 1 amide bonds. The van der Waals surface area contributed by atoms with Crippen LogP contribution < -0.4 is 5.32 Å². The molecule has 106 valence electrons. The van der Waals surface area contributed by atoms with Crippen LogP contribution in [0.1, 0.15) is 20.8 Å². The van der Waals surface area contributed by atoms with Gasteiger partial charge in [-0.25, -0.2) is 0 Å². The summed E-state index contributed by atoms with van der Waals surface area (Å²) >= 11 is 4.99. The van der Waals surface area contributed by atoms with Crippen LogP contribution in [0.5, 0.6) is 0 Å². The molecule has 0 saturated carbocycles. The zero-order valence-corrected chi connectivity index (χ0v) is 14.1. The molecule has 3 aromatic rings. The maximum atomic E-state index is 12.5. The Balaban J connectivity index is 1.93. The minimum absolute atomic E-state index is 0.0512. The van der Waals surface area contributed by atoms with Crippen LogP contribution >= 0.6 is 27.3 Å². The molecule has 0 aliphatic carbocycles. The zero-order valence-electron chi connectivity index (χ0n) is 11.7. The van der Waals surface area contributed by atoms with E-state index in [2.05, 4.69) is 21.2 Å². The molecule has 2 aromatic carbocycles. The summed E-state index contributed by atoms with van der Waals surface area (Å²) in [7, 11) is 0. The molecule has 0 aliphatic heterocycles. The van der Waals surface area contributed by atoms with Crippen molar-refractivity contribution in [3.63, 3.8) is 0 Å². The van der Waals surface area contributed by atoms with Crippen molar-refractivity contribution in [1.82, 2.24) is 0 Å². The van der Waals surface area contributed by atoms with Gasteiger partial charge in [0, 0.05) is 14.9 Å². The average molecular weight is 360 g/mol. The highest BCUT2D eigenvalue weighted by atomic mass is 79.9. The molecule has 0 bridgehead atoms. The van der Waals surface area contributed by atoms with E-state index in [-0.39, 0.29) is 5.91 Å². The first-order valence-corrected chi connectivity index (χ1v) is 8.22. The Bertz CT molecular complexity index is 782. The SMILES string of the molecule is Cc1cc(Br)cc(C)c1NC(=O)c1cc2ccccc2s1. The van der Waals surface area contributed by atoms with Gasteiger partial charge in [-0.2, -0.15) is 0 Å². The molecule has 0 radical (unpaired) electrons. The van der Waals surface area contributed by atoms with Crippen molar-refractivity contribution in [3.8, 4) is 0 Å². The van der Waals surface area contributed by atoms with E-state index in [4.69, 9.17) is 0 Å². The van der Waals surface area contributed by atoms with Gasteiger partial charge in [-0.15, -0.1) is 11.3 Å². The number of hydrogen-bond acceptors (Lipinski definition) is 2. The molecule has 4 heteroatoms. The number of anilines is 1. The van der Waals surface area contributed by atoms with Crippen LogP contribution in [-0.2, 0) is 0 Å². The van der Waals surface area contributed by atoms with Crippen LogP contribution in [0.25, 0.3) is 10.1 Å². The van der Waals surface area contributed by atoms with Crippen molar-refractivity contribution in [2.45, 2.75) is 13.8 Å². The smallest absolute Gasteiger partial charge is 0.265 e. The Labute approximate surface area is 135 Å². The van der Waals surface area contributed by atoms with E-state index in [0.29, 0.717) is 0 Å². The van der Waals surface area contributed by atoms with Crippen molar-refractivity contribution >= 4 is 48.9 Å². The second-order valence-electron chi connectivity index (χ2n) is 5.02. The molecule has 0 saturated heterocycles. The van der Waals surface area contributed by atoms with E-state index in [1.807, 2.05) is 56.3 Å². The maximum absolute atomic E-state index is 12.5. The second-order valence-corrected chi connectivity index (χ2v) is 7.02. The number of fused-ring (bicyclic) bond motifs is 1. The third-order valence-electron chi connectivity index (χ3n) is 3.39. The minimum Gasteiger partial charge on any atom is -0.321 e. The summed E-state index contributed by atoms with van der Waals surface area (Å²) in [5.41, 5.74) is 2.99. The van der Waals surface area contributed by atoms with Crippen LogP contribution in [0.4, 0.5) is 5.69 Å². The first-order valence-electron chi connectivity index (χ1n) is 6.61. The topological polar surface area (TPSA) is 29.1 Å². The van der Waals surface area contributed by atoms with Gasteiger partial charge in [-0.3, -0.25) is 4.79 Å². The van der Waals surface area contributed by atoms with Gasteiger partial charge in [-0.05, 0) is 54.6 Å². The molecule has 3 rings (SSSR count). The third kappa shape index (κ3) is 2.87. The fourth-order valence-corrected chi connectivity index (χ4v) is 4.02. The number of nitrogens with one attached hydrogen (secondary N) is 1. The van der Waals surface area contributed by atoms with Crippen LogP contribution in [0.15, 0.2) is 46.9 Å². The van der Waals surface area contributed by atoms with Crippen molar-refractivity contribution in [1.29, 1.82) is 0 Å². The number of aryl methyl sites for hydroxylation is 2. The van der Waals surface area contributed by atoms with Gasteiger partial charge >= 0.3 is 0 Å². The van der Waals surface area contributed by atoms with Gasteiger partial charge in [0.25, 0.3) is 5.91 Å². The highest BCUT2D eigenvalue weighted by Crippen LogP contribution is 2.28. The van der Waals surface area contributed by atoms with E-state index in [9.17, 15) is 4.79 Å². The molecular weight excluding hydrogens is 346 g/mol. The molecule has 0 aliphatic rings. The lowest BCUT2D eigenvalue weighted by Crippen LogP contribution is -2.12. The largest absolute Gasteiger partial charge is 0.321 e. The van der Waals surface area contributed by atoms with Crippen LogP contribution in [0.2, 0.25) is 0 Å². The van der Waals surface area contributed by atoms with Gasteiger partial charge in [0.1, 0.15) is 0 Å². The Hall–Kier alpha value is -1.65. The molecule has 21 heavy (non-hydrogen) atoms. The molecule has 0 atom stereocenters. The van der Waals surface area contributed by atoms with E-state index < -0.39 is 0 Å². The second kappa shape index (κ2) is 5.62. The number of hydrogen-bond donors (Lipinski definition) is 1. The first-order chi connectivity index (χ1) is 10.0. The number of amides is 1. The summed E-state index contributed by atoms with van der Waals surface area (Å²) in [6.07, 6.45) is 0. The van der Waals surface area contributed by atoms with Gasteiger partial charge in [0.2, 0.25) is 0 Å². The van der Waals surface area contributed by atoms with Crippen LogP contribution in [0, 0.1) is 13.8 Å². The summed E-state index contributed by atoms with van der Waals surface area (Å²) in [4.78, 5) is 13.2. The summed E-state index contributed by atoms with van der Waals surface area (Å²) < 4.78 is 2.16. The van der Waals surface area contributed by atoms with Crippen LogP contribution in [-0.4, -0.2) is 5.91 Å². The number of carbonyl (C=O) groups is 1. The molecule has 0 spiro atoms. The molecule has 0 fully saturated rings. The Morgan fingerprint density at radius 1 is 1.10 bits per heavy atom. The first kappa shape index (κ1) is 14.3. The number of carbonyl (C=O) groups excluding carboxylic acids is 1.